The highest BCUT2D eigenvalue weighted by Crippen LogP contribution is 2.15. The molecule has 0 aliphatic heterocycles. The summed E-state index contributed by atoms with van der Waals surface area (Å²) in [6, 6.07) is 9.29. The van der Waals surface area contributed by atoms with Gasteiger partial charge in [-0.25, -0.2) is 4.79 Å². The van der Waals surface area contributed by atoms with Crippen molar-refractivity contribution in [1.29, 1.82) is 0 Å². The van der Waals surface area contributed by atoms with Gasteiger partial charge in [0.05, 0.1) is 0 Å². The monoisotopic (exact) mass is 235 g/mol. The summed E-state index contributed by atoms with van der Waals surface area (Å²) in [6.07, 6.45) is 4.80. The van der Waals surface area contributed by atoms with Gasteiger partial charge in [-0.1, -0.05) is 50.8 Å². The molecule has 0 unspecified atom stereocenters. The SMILES string of the molecule is CCCCCCCN(C(=O)O)c1ccccc1. The first-order valence-corrected chi connectivity index (χ1v) is 6.31. The van der Waals surface area contributed by atoms with Crippen LogP contribution in [0, 0.1) is 0 Å². The standard InChI is InChI=1S/C14H21NO2/c1-2-3-4-5-9-12-15(14(16)17)13-10-7-6-8-11-13/h6-8,10-11H,2-5,9,12H2,1H3,(H,16,17). The number of para-hydroxylation sites is 1. The third-order valence-electron chi connectivity index (χ3n) is 2.78. The van der Waals surface area contributed by atoms with Crippen molar-refractivity contribution in [3.8, 4) is 0 Å². The fourth-order valence-corrected chi connectivity index (χ4v) is 1.82. The Kier molecular flexibility index (Phi) is 6.15. The van der Waals surface area contributed by atoms with Gasteiger partial charge in [-0.3, -0.25) is 4.90 Å². The van der Waals surface area contributed by atoms with Crippen molar-refractivity contribution in [2.45, 2.75) is 39.0 Å². The molecule has 3 nitrogen and oxygen atoms in total. The molecule has 0 saturated carbocycles. The highest BCUT2D eigenvalue weighted by Gasteiger charge is 2.12. The Hall–Kier alpha value is -1.51. The molecule has 1 aromatic rings. The van der Waals surface area contributed by atoms with E-state index in [0.29, 0.717) is 6.54 Å². The summed E-state index contributed by atoms with van der Waals surface area (Å²) in [5.74, 6) is 0. The van der Waals surface area contributed by atoms with Gasteiger partial charge in [0.25, 0.3) is 0 Å². The lowest BCUT2D eigenvalue weighted by molar-refractivity contribution is 0.201. The van der Waals surface area contributed by atoms with Gasteiger partial charge in [-0.15, -0.1) is 0 Å². The van der Waals surface area contributed by atoms with Crippen LogP contribution < -0.4 is 4.90 Å². The summed E-state index contributed by atoms with van der Waals surface area (Å²) in [5.41, 5.74) is 0.760. The minimum Gasteiger partial charge on any atom is -0.465 e. The first-order valence-electron chi connectivity index (χ1n) is 6.31. The lowest BCUT2D eigenvalue weighted by atomic mass is 10.1. The van der Waals surface area contributed by atoms with E-state index in [-0.39, 0.29) is 0 Å². The molecule has 0 aromatic heterocycles. The predicted molar refractivity (Wildman–Crippen MR) is 70.6 cm³/mol. The van der Waals surface area contributed by atoms with Gasteiger partial charge in [0, 0.05) is 12.2 Å². The van der Waals surface area contributed by atoms with E-state index in [1.165, 1.54) is 24.2 Å². The highest BCUT2D eigenvalue weighted by atomic mass is 16.4. The fourth-order valence-electron chi connectivity index (χ4n) is 1.82. The molecular formula is C14H21NO2. The molecule has 0 spiro atoms. The molecule has 0 aliphatic rings. The molecule has 0 fully saturated rings. The zero-order valence-corrected chi connectivity index (χ0v) is 10.4. The molecule has 94 valence electrons. The second kappa shape index (κ2) is 7.71. The molecule has 0 atom stereocenters. The molecule has 0 saturated heterocycles. The first kappa shape index (κ1) is 13.6. The average molecular weight is 235 g/mol. The Bertz CT molecular complexity index is 324. The Labute approximate surface area is 103 Å². The van der Waals surface area contributed by atoms with Crippen LogP contribution in [0.25, 0.3) is 0 Å². The van der Waals surface area contributed by atoms with Gasteiger partial charge in [-0.2, -0.15) is 0 Å². The number of benzene rings is 1. The highest BCUT2D eigenvalue weighted by molar-refractivity contribution is 5.85. The van der Waals surface area contributed by atoms with Gasteiger partial charge in [0.2, 0.25) is 0 Å². The van der Waals surface area contributed by atoms with Crippen LogP contribution in [0.5, 0.6) is 0 Å². The van der Waals surface area contributed by atoms with Crippen LogP contribution in [0.1, 0.15) is 39.0 Å². The summed E-state index contributed by atoms with van der Waals surface area (Å²) in [4.78, 5) is 12.6. The van der Waals surface area contributed by atoms with Crippen molar-refractivity contribution >= 4 is 11.8 Å². The number of carbonyl (C=O) groups is 1. The van der Waals surface area contributed by atoms with Crippen LogP contribution in [0.4, 0.5) is 10.5 Å². The number of unbranched alkanes of at least 4 members (excludes halogenated alkanes) is 4. The second-order valence-corrected chi connectivity index (χ2v) is 4.18. The van der Waals surface area contributed by atoms with E-state index in [2.05, 4.69) is 6.92 Å². The first-order chi connectivity index (χ1) is 8.25. The van der Waals surface area contributed by atoms with Crippen molar-refractivity contribution < 1.29 is 9.90 Å². The Balaban J connectivity index is 2.42. The molecule has 1 aromatic carbocycles. The number of rotatable bonds is 7. The number of hydrogen-bond acceptors (Lipinski definition) is 1. The summed E-state index contributed by atoms with van der Waals surface area (Å²) < 4.78 is 0. The van der Waals surface area contributed by atoms with E-state index in [9.17, 15) is 4.79 Å². The van der Waals surface area contributed by atoms with Crippen LogP contribution in [0.3, 0.4) is 0 Å². The van der Waals surface area contributed by atoms with E-state index >= 15 is 0 Å². The topological polar surface area (TPSA) is 40.5 Å². The molecule has 0 heterocycles. The number of anilines is 1. The lowest BCUT2D eigenvalue weighted by Crippen LogP contribution is -2.30. The smallest absolute Gasteiger partial charge is 0.411 e. The molecule has 0 aliphatic carbocycles. The van der Waals surface area contributed by atoms with Gasteiger partial charge in [0.1, 0.15) is 0 Å². The second-order valence-electron chi connectivity index (χ2n) is 4.18. The van der Waals surface area contributed by atoms with E-state index < -0.39 is 6.09 Å². The van der Waals surface area contributed by atoms with E-state index in [4.69, 9.17) is 5.11 Å². The zero-order valence-electron chi connectivity index (χ0n) is 10.4. The molecule has 0 bridgehead atoms. The number of amides is 1. The lowest BCUT2D eigenvalue weighted by Gasteiger charge is -2.19. The normalized spacial score (nSPS) is 10.2. The van der Waals surface area contributed by atoms with Gasteiger partial charge in [0.15, 0.2) is 0 Å². The molecule has 1 rings (SSSR count). The largest absolute Gasteiger partial charge is 0.465 e. The average Bonchev–Trinajstić information content (AvgIpc) is 2.34. The molecular weight excluding hydrogens is 214 g/mol. The summed E-state index contributed by atoms with van der Waals surface area (Å²) >= 11 is 0. The molecule has 1 N–H and O–H groups in total. The third kappa shape index (κ3) is 4.89. The number of nitrogens with zero attached hydrogens (tertiary/aromatic N) is 1. The maximum Gasteiger partial charge on any atom is 0.411 e. The van der Waals surface area contributed by atoms with E-state index in [0.717, 1.165) is 18.5 Å². The van der Waals surface area contributed by atoms with Crippen molar-refractivity contribution in [2.75, 3.05) is 11.4 Å². The molecule has 3 heteroatoms. The van der Waals surface area contributed by atoms with Gasteiger partial charge < -0.3 is 5.11 Å². The Morgan fingerprint density at radius 1 is 1.12 bits per heavy atom. The summed E-state index contributed by atoms with van der Waals surface area (Å²) in [6.45, 7) is 2.76. The van der Waals surface area contributed by atoms with Gasteiger partial charge in [-0.05, 0) is 18.6 Å². The predicted octanol–water partition coefficient (Wildman–Crippen LogP) is 4.14. The van der Waals surface area contributed by atoms with Crippen LogP contribution in [0.15, 0.2) is 30.3 Å². The minimum absolute atomic E-state index is 0.586. The summed E-state index contributed by atoms with van der Waals surface area (Å²) in [7, 11) is 0. The van der Waals surface area contributed by atoms with Crippen molar-refractivity contribution in [2.24, 2.45) is 0 Å². The van der Waals surface area contributed by atoms with Crippen molar-refractivity contribution in [3.05, 3.63) is 30.3 Å². The zero-order chi connectivity index (χ0) is 12.5. The van der Waals surface area contributed by atoms with Crippen LogP contribution in [-0.4, -0.2) is 17.7 Å². The maximum atomic E-state index is 11.1. The van der Waals surface area contributed by atoms with Crippen molar-refractivity contribution in [1.82, 2.24) is 0 Å². The summed E-state index contributed by atoms with van der Waals surface area (Å²) in [5, 5.41) is 9.16. The quantitative estimate of drug-likeness (QED) is 0.721. The van der Waals surface area contributed by atoms with Crippen molar-refractivity contribution in [3.63, 3.8) is 0 Å². The molecule has 17 heavy (non-hydrogen) atoms. The van der Waals surface area contributed by atoms with Gasteiger partial charge >= 0.3 is 6.09 Å². The van der Waals surface area contributed by atoms with E-state index in [1.54, 1.807) is 0 Å². The minimum atomic E-state index is -0.869. The number of hydrogen-bond donors (Lipinski definition) is 1. The van der Waals surface area contributed by atoms with Crippen LogP contribution >= 0.6 is 0 Å². The molecule has 0 radical (unpaired) electrons. The van der Waals surface area contributed by atoms with Crippen LogP contribution in [-0.2, 0) is 0 Å². The Morgan fingerprint density at radius 3 is 2.35 bits per heavy atom. The third-order valence-corrected chi connectivity index (χ3v) is 2.78. The Morgan fingerprint density at radius 2 is 1.76 bits per heavy atom. The molecule has 1 amide bonds. The fraction of sp³-hybridized carbons (Fsp3) is 0.500. The van der Waals surface area contributed by atoms with Crippen LogP contribution in [0.2, 0.25) is 0 Å². The number of carboxylic acid groups (broad SMARTS) is 1. The maximum absolute atomic E-state index is 11.1. The van der Waals surface area contributed by atoms with E-state index in [1.807, 2.05) is 30.3 Å².